The van der Waals surface area contributed by atoms with Crippen LogP contribution in [0, 0.1) is 0 Å². The lowest BCUT2D eigenvalue weighted by atomic mass is 9.95. The minimum atomic E-state index is 0.150. The second-order valence-electron chi connectivity index (χ2n) is 5.62. The van der Waals surface area contributed by atoms with E-state index in [1.165, 1.54) is 5.56 Å². The third kappa shape index (κ3) is 4.22. The van der Waals surface area contributed by atoms with Crippen LogP contribution in [0.15, 0.2) is 24.3 Å². The van der Waals surface area contributed by atoms with Gasteiger partial charge in [-0.2, -0.15) is 0 Å². The second-order valence-corrected chi connectivity index (χ2v) is 5.62. The third-order valence-electron chi connectivity index (χ3n) is 3.84. The normalized spacial score (nSPS) is 14.6. The van der Waals surface area contributed by atoms with Crippen molar-refractivity contribution in [2.45, 2.75) is 58.7 Å². The van der Waals surface area contributed by atoms with Gasteiger partial charge in [0.05, 0.1) is 13.2 Å². The Morgan fingerprint density at radius 1 is 1.15 bits per heavy atom. The van der Waals surface area contributed by atoms with Crippen molar-refractivity contribution in [3.8, 4) is 5.75 Å². The first kappa shape index (κ1) is 17.0. The van der Waals surface area contributed by atoms with Crippen LogP contribution in [0.3, 0.4) is 0 Å². The number of hydrogen-bond donors (Lipinski definition) is 1. The van der Waals surface area contributed by atoms with Crippen LogP contribution in [0.5, 0.6) is 5.75 Å². The van der Waals surface area contributed by atoms with E-state index in [9.17, 15) is 0 Å². The molecule has 0 saturated heterocycles. The molecule has 3 heteroatoms. The molecule has 0 aliphatic rings. The predicted molar refractivity (Wildman–Crippen MR) is 86.1 cm³/mol. The minimum absolute atomic E-state index is 0.150. The molecule has 2 N–H and O–H groups in total. The monoisotopic (exact) mass is 278 g/mol. The van der Waals surface area contributed by atoms with Crippen molar-refractivity contribution in [1.29, 1.82) is 0 Å². The maximum Gasteiger partial charge on any atom is 0.118 e. The molecule has 3 nitrogen and oxygen atoms in total. The van der Waals surface area contributed by atoms with Crippen LogP contribution in [-0.4, -0.2) is 30.6 Å². The molecule has 1 aromatic rings. The summed E-state index contributed by atoms with van der Waals surface area (Å²) in [4.78, 5) is 2.51. The van der Waals surface area contributed by atoms with E-state index < -0.39 is 0 Å². The van der Waals surface area contributed by atoms with E-state index in [1.807, 2.05) is 12.1 Å². The smallest absolute Gasteiger partial charge is 0.118 e. The zero-order valence-electron chi connectivity index (χ0n) is 13.6. The van der Waals surface area contributed by atoms with Gasteiger partial charge in [-0.3, -0.25) is 4.90 Å². The highest BCUT2D eigenvalue weighted by atomic mass is 16.5. The maximum atomic E-state index is 6.42. The van der Waals surface area contributed by atoms with Gasteiger partial charge in [-0.05, 0) is 50.9 Å². The fraction of sp³-hybridized carbons (Fsp3) is 0.647. The molecule has 114 valence electrons. The number of rotatable bonds is 8. The van der Waals surface area contributed by atoms with Crippen LogP contribution < -0.4 is 10.5 Å². The average Bonchev–Trinajstić information content (AvgIpc) is 2.46. The lowest BCUT2D eigenvalue weighted by Gasteiger charge is -2.38. The fourth-order valence-corrected chi connectivity index (χ4v) is 2.69. The van der Waals surface area contributed by atoms with Gasteiger partial charge >= 0.3 is 0 Å². The Morgan fingerprint density at radius 3 is 2.15 bits per heavy atom. The molecule has 0 saturated carbocycles. The molecule has 0 spiro atoms. The Morgan fingerprint density at radius 2 is 1.75 bits per heavy atom. The molecule has 0 bridgehead atoms. The van der Waals surface area contributed by atoms with Crippen molar-refractivity contribution < 1.29 is 4.74 Å². The van der Waals surface area contributed by atoms with Gasteiger partial charge in [0.15, 0.2) is 0 Å². The molecule has 0 aliphatic carbocycles. The number of hydrogen-bond acceptors (Lipinski definition) is 3. The summed E-state index contributed by atoms with van der Waals surface area (Å²) in [5.41, 5.74) is 7.70. The molecule has 20 heavy (non-hydrogen) atoms. The number of nitrogens with zero attached hydrogens (tertiary/aromatic N) is 1. The van der Waals surface area contributed by atoms with Crippen molar-refractivity contribution in [2.75, 3.05) is 13.7 Å². The van der Waals surface area contributed by atoms with E-state index >= 15 is 0 Å². The van der Waals surface area contributed by atoms with Gasteiger partial charge in [-0.15, -0.1) is 0 Å². The molecular weight excluding hydrogens is 248 g/mol. The van der Waals surface area contributed by atoms with Crippen molar-refractivity contribution in [2.24, 2.45) is 5.73 Å². The zero-order chi connectivity index (χ0) is 15.1. The van der Waals surface area contributed by atoms with Gasteiger partial charge in [0, 0.05) is 12.1 Å². The molecule has 2 unspecified atom stereocenters. The highest BCUT2D eigenvalue weighted by molar-refractivity contribution is 5.30. The Hall–Kier alpha value is -1.06. The van der Waals surface area contributed by atoms with Crippen molar-refractivity contribution >= 4 is 0 Å². The van der Waals surface area contributed by atoms with Gasteiger partial charge in [-0.25, -0.2) is 0 Å². The molecule has 0 heterocycles. The summed E-state index contributed by atoms with van der Waals surface area (Å²) >= 11 is 0. The topological polar surface area (TPSA) is 38.5 Å². The number of methoxy groups -OCH3 is 1. The van der Waals surface area contributed by atoms with E-state index in [0.29, 0.717) is 6.04 Å². The van der Waals surface area contributed by atoms with Gasteiger partial charge in [0.25, 0.3) is 0 Å². The summed E-state index contributed by atoms with van der Waals surface area (Å²) in [5, 5.41) is 0. The SMILES string of the molecule is CCCN(C(C)C)C(c1ccc(OC)cc1)C(N)CC. The zero-order valence-corrected chi connectivity index (χ0v) is 13.6. The quantitative estimate of drug-likeness (QED) is 0.789. The van der Waals surface area contributed by atoms with Crippen molar-refractivity contribution in [3.05, 3.63) is 29.8 Å². The van der Waals surface area contributed by atoms with Crippen molar-refractivity contribution in [1.82, 2.24) is 4.90 Å². The highest BCUT2D eigenvalue weighted by Crippen LogP contribution is 2.28. The Balaban J connectivity index is 3.08. The summed E-state index contributed by atoms with van der Waals surface area (Å²) in [7, 11) is 1.70. The van der Waals surface area contributed by atoms with Crippen LogP contribution in [0.4, 0.5) is 0 Å². The maximum absolute atomic E-state index is 6.42. The lowest BCUT2D eigenvalue weighted by molar-refractivity contribution is 0.130. The van der Waals surface area contributed by atoms with Crippen LogP contribution in [-0.2, 0) is 0 Å². The summed E-state index contributed by atoms with van der Waals surface area (Å²) in [5.74, 6) is 0.893. The molecule has 0 fully saturated rings. The largest absolute Gasteiger partial charge is 0.497 e. The Kier molecular flexibility index (Phi) is 7.03. The van der Waals surface area contributed by atoms with Crippen molar-refractivity contribution in [3.63, 3.8) is 0 Å². The van der Waals surface area contributed by atoms with Crippen LogP contribution in [0.25, 0.3) is 0 Å². The molecule has 0 amide bonds. The Labute approximate surface area is 124 Å². The molecular formula is C17H30N2O. The summed E-state index contributed by atoms with van der Waals surface area (Å²) in [6, 6.07) is 9.24. The number of ether oxygens (including phenoxy) is 1. The third-order valence-corrected chi connectivity index (χ3v) is 3.84. The summed E-state index contributed by atoms with van der Waals surface area (Å²) < 4.78 is 5.25. The lowest BCUT2D eigenvalue weighted by Crippen LogP contribution is -2.44. The van der Waals surface area contributed by atoms with Crippen LogP contribution in [0.2, 0.25) is 0 Å². The number of benzene rings is 1. The Bertz CT molecular complexity index is 375. The van der Waals surface area contributed by atoms with E-state index in [-0.39, 0.29) is 12.1 Å². The van der Waals surface area contributed by atoms with Gasteiger partial charge < -0.3 is 10.5 Å². The van der Waals surface area contributed by atoms with Crippen LogP contribution >= 0.6 is 0 Å². The molecule has 2 atom stereocenters. The standard InChI is InChI=1S/C17H30N2O/c1-6-12-19(13(3)4)17(16(18)7-2)14-8-10-15(20-5)11-9-14/h8-11,13,16-17H,6-7,12,18H2,1-5H3. The van der Waals surface area contributed by atoms with E-state index in [0.717, 1.165) is 25.1 Å². The minimum Gasteiger partial charge on any atom is -0.497 e. The molecule has 1 aromatic carbocycles. The first-order valence-electron chi connectivity index (χ1n) is 7.70. The molecule has 0 aliphatic heterocycles. The first-order chi connectivity index (χ1) is 9.54. The van der Waals surface area contributed by atoms with E-state index in [2.05, 4.69) is 44.7 Å². The highest BCUT2D eigenvalue weighted by Gasteiger charge is 2.27. The first-order valence-corrected chi connectivity index (χ1v) is 7.70. The molecule has 1 rings (SSSR count). The van der Waals surface area contributed by atoms with Gasteiger partial charge in [-0.1, -0.05) is 26.0 Å². The average molecular weight is 278 g/mol. The van der Waals surface area contributed by atoms with E-state index in [1.54, 1.807) is 7.11 Å². The number of nitrogens with two attached hydrogens (primary N) is 1. The predicted octanol–water partition coefficient (Wildman–Crippen LogP) is 3.59. The molecule has 0 aromatic heterocycles. The fourth-order valence-electron chi connectivity index (χ4n) is 2.69. The van der Waals surface area contributed by atoms with Gasteiger partial charge in [0.2, 0.25) is 0 Å². The second kappa shape index (κ2) is 8.28. The molecule has 0 radical (unpaired) electrons. The summed E-state index contributed by atoms with van der Waals surface area (Å²) in [6.45, 7) is 9.94. The van der Waals surface area contributed by atoms with E-state index in [4.69, 9.17) is 10.5 Å². The van der Waals surface area contributed by atoms with Crippen LogP contribution in [0.1, 0.15) is 52.1 Å². The van der Waals surface area contributed by atoms with Gasteiger partial charge in [0.1, 0.15) is 5.75 Å². The summed E-state index contributed by atoms with van der Waals surface area (Å²) in [6.07, 6.45) is 2.12.